The maximum absolute atomic E-state index is 12.1. The van der Waals surface area contributed by atoms with E-state index in [1.807, 2.05) is 5.38 Å². The van der Waals surface area contributed by atoms with Crippen LogP contribution in [0.3, 0.4) is 0 Å². The SMILES string of the molecule is CCCc1nc(CS(=O)C(C(=O)O)C(C)C)cs1. The molecule has 1 N–H and O–H groups in total. The molecule has 102 valence electrons. The van der Waals surface area contributed by atoms with E-state index in [1.54, 1.807) is 25.2 Å². The fourth-order valence-corrected chi connectivity index (χ4v) is 4.14. The third-order valence-corrected chi connectivity index (χ3v) is 5.34. The number of aryl methyl sites for hydroxylation is 1. The lowest BCUT2D eigenvalue weighted by Gasteiger charge is -2.14. The molecule has 6 heteroatoms. The summed E-state index contributed by atoms with van der Waals surface area (Å²) in [5, 5.41) is 11.2. The molecule has 0 radical (unpaired) electrons. The maximum Gasteiger partial charge on any atom is 0.319 e. The first-order chi connectivity index (χ1) is 8.45. The Bertz CT molecular complexity index is 429. The molecule has 1 aromatic heterocycles. The van der Waals surface area contributed by atoms with Crippen molar-refractivity contribution in [2.45, 2.75) is 44.6 Å². The Morgan fingerprint density at radius 2 is 2.22 bits per heavy atom. The number of carboxylic acids is 1. The lowest BCUT2D eigenvalue weighted by atomic mass is 10.1. The van der Waals surface area contributed by atoms with Crippen molar-refractivity contribution < 1.29 is 14.1 Å². The summed E-state index contributed by atoms with van der Waals surface area (Å²) in [4.78, 5) is 15.4. The van der Waals surface area contributed by atoms with Crippen LogP contribution in [0.15, 0.2) is 5.38 Å². The Morgan fingerprint density at radius 3 is 2.72 bits per heavy atom. The van der Waals surface area contributed by atoms with Crippen LogP contribution in [0.4, 0.5) is 0 Å². The molecule has 0 aliphatic carbocycles. The Kier molecular flexibility index (Phi) is 5.95. The van der Waals surface area contributed by atoms with Crippen LogP contribution < -0.4 is 0 Å². The zero-order valence-electron chi connectivity index (χ0n) is 10.9. The molecular weight excluding hydrogens is 270 g/mol. The normalized spacial score (nSPS) is 14.7. The van der Waals surface area contributed by atoms with E-state index in [0.29, 0.717) is 0 Å². The Labute approximate surface area is 114 Å². The van der Waals surface area contributed by atoms with Gasteiger partial charge in [0.15, 0.2) is 0 Å². The fraction of sp³-hybridized carbons (Fsp3) is 0.667. The second-order valence-electron chi connectivity index (χ2n) is 4.51. The quantitative estimate of drug-likeness (QED) is 0.837. The van der Waals surface area contributed by atoms with Crippen molar-refractivity contribution in [1.29, 1.82) is 0 Å². The molecule has 0 aliphatic heterocycles. The molecule has 0 amide bonds. The van der Waals surface area contributed by atoms with Crippen molar-refractivity contribution in [3.63, 3.8) is 0 Å². The molecule has 0 aliphatic rings. The predicted molar refractivity (Wildman–Crippen MR) is 74.2 cm³/mol. The van der Waals surface area contributed by atoms with Gasteiger partial charge in [-0.3, -0.25) is 9.00 Å². The molecule has 0 aromatic carbocycles. The Balaban J connectivity index is 2.70. The summed E-state index contributed by atoms with van der Waals surface area (Å²) in [6.45, 7) is 5.64. The fourth-order valence-electron chi connectivity index (χ4n) is 1.68. The highest BCUT2D eigenvalue weighted by molar-refractivity contribution is 7.85. The zero-order chi connectivity index (χ0) is 13.7. The minimum atomic E-state index is -1.41. The van der Waals surface area contributed by atoms with Crippen molar-refractivity contribution in [1.82, 2.24) is 4.98 Å². The molecule has 4 nitrogen and oxygen atoms in total. The van der Waals surface area contributed by atoms with E-state index in [4.69, 9.17) is 5.11 Å². The van der Waals surface area contributed by atoms with Crippen molar-refractivity contribution in [2.75, 3.05) is 0 Å². The summed E-state index contributed by atoms with van der Waals surface area (Å²) in [6, 6.07) is 0. The number of thiazole rings is 1. The van der Waals surface area contributed by atoms with E-state index in [-0.39, 0.29) is 11.7 Å². The zero-order valence-corrected chi connectivity index (χ0v) is 12.5. The number of aliphatic carboxylic acids is 1. The van der Waals surface area contributed by atoms with Crippen molar-refractivity contribution in [3.8, 4) is 0 Å². The van der Waals surface area contributed by atoms with E-state index < -0.39 is 22.0 Å². The first kappa shape index (κ1) is 15.3. The summed E-state index contributed by atoms with van der Waals surface area (Å²) in [7, 11) is -1.41. The van der Waals surface area contributed by atoms with Gasteiger partial charge in [0.05, 0.1) is 16.5 Å². The Morgan fingerprint density at radius 1 is 1.56 bits per heavy atom. The smallest absolute Gasteiger partial charge is 0.319 e. The molecule has 0 spiro atoms. The minimum absolute atomic E-state index is 0.142. The van der Waals surface area contributed by atoms with Gasteiger partial charge in [-0.1, -0.05) is 20.8 Å². The van der Waals surface area contributed by atoms with Crippen molar-refractivity contribution in [3.05, 3.63) is 16.1 Å². The van der Waals surface area contributed by atoms with Crippen LogP contribution in [-0.4, -0.2) is 25.5 Å². The van der Waals surface area contributed by atoms with Gasteiger partial charge in [0, 0.05) is 16.2 Å². The second kappa shape index (κ2) is 6.99. The van der Waals surface area contributed by atoms with Crippen LogP contribution in [0, 0.1) is 5.92 Å². The highest BCUT2D eigenvalue weighted by atomic mass is 32.2. The first-order valence-corrected chi connectivity index (χ1v) is 8.25. The third kappa shape index (κ3) is 4.17. The summed E-state index contributed by atoms with van der Waals surface area (Å²) in [5.41, 5.74) is 0.744. The molecule has 0 saturated carbocycles. The van der Waals surface area contributed by atoms with Gasteiger partial charge in [0.1, 0.15) is 5.25 Å². The predicted octanol–water partition coefficient (Wildman–Crippen LogP) is 2.45. The average molecular weight is 289 g/mol. The van der Waals surface area contributed by atoms with Crippen LogP contribution in [0.1, 0.15) is 37.9 Å². The van der Waals surface area contributed by atoms with E-state index in [9.17, 15) is 9.00 Å². The van der Waals surface area contributed by atoms with Crippen LogP contribution in [0.2, 0.25) is 0 Å². The van der Waals surface area contributed by atoms with Gasteiger partial charge in [-0.15, -0.1) is 11.3 Å². The van der Waals surface area contributed by atoms with Gasteiger partial charge in [0.2, 0.25) is 0 Å². The minimum Gasteiger partial charge on any atom is -0.480 e. The topological polar surface area (TPSA) is 67.3 Å². The lowest BCUT2D eigenvalue weighted by molar-refractivity contribution is -0.137. The maximum atomic E-state index is 12.1. The monoisotopic (exact) mass is 289 g/mol. The lowest BCUT2D eigenvalue weighted by Crippen LogP contribution is -2.31. The number of nitrogens with zero attached hydrogens (tertiary/aromatic N) is 1. The molecule has 0 bridgehead atoms. The van der Waals surface area contributed by atoms with Gasteiger partial charge in [-0.25, -0.2) is 4.98 Å². The van der Waals surface area contributed by atoms with Crippen LogP contribution in [0.5, 0.6) is 0 Å². The summed E-state index contributed by atoms with van der Waals surface area (Å²) in [6.07, 6.45) is 1.95. The van der Waals surface area contributed by atoms with E-state index in [1.165, 1.54) is 0 Å². The van der Waals surface area contributed by atoms with E-state index in [0.717, 1.165) is 23.5 Å². The molecule has 1 rings (SSSR count). The van der Waals surface area contributed by atoms with Crippen LogP contribution >= 0.6 is 11.3 Å². The molecule has 0 saturated heterocycles. The highest BCUT2D eigenvalue weighted by Gasteiger charge is 2.28. The number of carbonyl (C=O) groups is 1. The molecule has 1 aromatic rings. The standard InChI is InChI=1S/C12H19NO3S2/c1-4-5-10-13-9(6-17-10)7-18(16)11(8(2)3)12(14)15/h6,8,11H,4-5,7H2,1-3H3,(H,14,15). The number of rotatable bonds is 7. The van der Waals surface area contributed by atoms with Gasteiger partial charge in [-0.05, 0) is 18.8 Å². The molecule has 0 fully saturated rings. The Hall–Kier alpha value is -0.750. The average Bonchev–Trinajstić information content (AvgIpc) is 2.64. The molecule has 1 heterocycles. The molecule has 2 atom stereocenters. The largest absolute Gasteiger partial charge is 0.480 e. The second-order valence-corrected chi connectivity index (χ2v) is 7.01. The number of hydrogen-bond acceptors (Lipinski definition) is 4. The number of carboxylic acid groups (broad SMARTS) is 1. The van der Waals surface area contributed by atoms with Gasteiger partial charge in [-0.2, -0.15) is 0 Å². The van der Waals surface area contributed by atoms with E-state index >= 15 is 0 Å². The van der Waals surface area contributed by atoms with Crippen LogP contribution in [-0.2, 0) is 27.8 Å². The molecule has 18 heavy (non-hydrogen) atoms. The number of hydrogen-bond donors (Lipinski definition) is 1. The van der Waals surface area contributed by atoms with Crippen molar-refractivity contribution >= 4 is 28.1 Å². The van der Waals surface area contributed by atoms with Crippen LogP contribution in [0.25, 0.3) is 0 Å². The van der Waals surface area contributed by atoms with Gasteiger partial charge < -0.3 is 5.11 Å². The highest BCUT2D eigenvalue weighted by Crippen LogP contribution is 2.17. The summed E-state index contributed by atoms with van der Waals surface area (Å²) < 4.78 is 12.1. The van der Waals surface area contributed by atoms with Gasteiger partial charge in [0.25, 0.3) is 0 Å². The number of aromatic nitrogens is 1. The first-order valence-electron chi connectivity index (χ1n) is 5.99. The molecule has 2 unspecified atom stereocenters. The summed E-state index contributed by atoms with van der Waals surface area (Å²) >= 11 is 1.55. The molecular formula is C12H19NO3S2. The van der Waals surface area contributed by atoms with E-state index in [2.05, 4.69) is 11.9 Å². The van der Waals surface area contributed by atoms with Gasteiger partial charge >= 0.3 is 5.97 Å². The summed E-state index contributed by atoms with van der Waals surface area (Å²) in [5.74, 6) is -0.903. The third-order valence-electron chi connectivity index (χ3n) is 2.49. The van der Waals surface area contributed by atoms with Crippen molar-refractivity contribution in [2.24, 2.45) is 5.92 Å².